The van der Waals surface area contributed by atoms with E-state index in [0.29, 0.717) is 23.9 Å². The predicted octanol–water partition coefficient (Wildman–Crippen LogP) is 21.3. The minimum atomic E-state index is -4.46. The molecule has 0 radical (unpaired) electrons. The monoisotopic (exact) mass is 1150 g/mol. The van der Waals surface area contributed by atoms with Gasteiger partial charge in [-0.2, -0.15) is 0 Å². The van der Waals surface area contributed by atoms with Crippen molar-refractivity contribution in [2.75, 3.05) is 40.9 Å². The van der Waals surface area contributed by atoms with E-state index in [4.69, 9.17) is 13.8 Å². The van der Waals surface area contributed by atoms with Crippen molar-refractivity contribution in [3.05, 3.63) is 85.1 Å². The molecule has 3 unspecified atom stereocenters. The smallest absolute Gasteiger partial charge is 0.456 e. The van der Waals surface area contributed by atoms with E-state index in [2.05, 4.69) is 99.0 Å². The number of hydrogen-bond acceptors (Lipinski definition) is 6. The number of carbonyl (C=O) groups is 2. The molecule has 1 amide bonds. The fourth-order valence-electron chi connectivity index (χ4n) is 9.54. The van der Waals surface area contributed by atoms with Gasteiger partial charge in [-0.15, -0.1) is 0 Å². The Morgan fingerprint density at radius 2 is 0.753 bits per heavy atom. The molecule has 2 N–H and O–H groups in total. The van der Waals surface area contributed by atoms with Crippen molar-refractivity contribution >= 4 is 19.7 Å². The van der Waals surface area contributed by atoms with E-state index in [-0.39, 0.29) is 31.5 Å². The molecule has 9 nitrogen and oxygen atoms in total. The maximum absolute atomic E-state index is 13.6. The summed E-state index contributed by atoms with van der Waals surface area (Å²) in [6.45, 7) is 6.97. The molecular formula is C71H130N2O7P+. The number of rotatable bonds is 61. The highest BCUT2D eigenvalue weighted by Crippen LogP contribution is 2.43. The van der Waals surface area contributed by atoms with Crippen molar-refractivity contribution in [1.29, 1.82) is 0 Å². The normalized spacial score (nSPS) is 14.1. The first-order valence-corrected chi connectivity index (χ1v) is 35.4. The molecule has 0 aromatic heterocycles. The first kappa shape index (κ1) is 78.2. The Kier molecular flexibility index (Phi) is 58.2. The average Bonchev–Trinajstić information content (AvgIpc) is 3.44. The molecule has 470 valence electrons. The van der Waals surface area contributed by atoms with Gasteiger partial charge in [-0.05, 0) is 109 Å². The number of amides is 1. The number of hydrogen-bond donors (Lipinski definition) is 2. The minimum Gasteiger partial charge on any atom is -0.456 e. The molecule has 0 aliphatic carbocycles. The third kappa shape index (κ3) is 61.6. The van der Waals surface area contributed by atoms with Crippen LogP contribution < -0.4 is 5.32 Å². The van der Waals surface area contributed by atoms with Crippen LogP contribution in [0.1, 0.15) is 303 Å². The second-order valence-corrected chi connectivity index (χ2v) is 25.4. The number of ether oxygens (including phenoxy) is 1. The Labute approximate surface area is 501 Å². The van der Waals surface area contributed by atoms with Crippen LogP contribution in [0, 0.1) is 0 Å². The molecule has 81 heavy (non-hydrogen) atoms. The highest BCUT2D eigenvalue weighted by atomic mass is 31.2. The van der Waals surface area contributed by atoms with Crippen LogP contribution in [0.4, 0.5) is 0 Å². The van der Waals surface area contributed by atoms with Crippen LogP contribution in [0.2, 0.25) is 0 Å². The molecule has 0 spiro atoms. The number of likely N-dealkylation sites (N-methyl/N-ethyl adjacent to an activating group) is 1. The third-order valence-electron chi connectivity index (χ3n) is 14.8. The van der Waals surface area contributed by atoms with Crippen molar-refractivity contribution in [2.45, 2.75) is 315 Å². The van der Waals surface area contributed by atoms with Crippen molar-refractivity contribution in [3.8, 4) is 0 Å². The number of phosphoric ester groups is 1. The van der Waals surface area contributed by atoms with E-state index in [1.165, 1.54) is 167 Å². The molecule has 0 heterocycles. The predicted molar refractivity (Wildman–Crippen MR) is 351 cm³/mol. The number of nitrogens with zero attached hydrogens (tertiary/aromatic N) is 1. The van der Waals surface area contributed by atoms with Gasteiger partial charge < -0.3 is 19.4 Å². The quantitative estimate of drug-likeness (QED) is 0.0205. The Morgan fingerprint density at radius 3 is 1.15 bits per heavy atom. The summed E-state index contributed by atoms with van der Waals surface area (Å²) in [5.74, 6) is -0.524. The lowest BCUT2D eigenvalue weighted by Gasteiger charge is -2.27. The molecule has 0 bridgehead atoms. The molecule has 3 atom stereocenters. The highest BCUT2D eigenvalue weighted by molar-refractivity contribution is 7.47. The molecule has 0 saturated carbocycles. The Hall–Kier alpha value is -2.81. The molecular weight excluding hydrogens is 1020 g/mol. The van der Waals surface area contributed by atoms with Crippen molar-refractivity contribution in [2.24, 2.45) is 0 Å². The van der Waals surface area contributed by atoms with E-state index in [9.17, 15) is 19.0 Å². The Bertz CT molecular complexity index is 1660. The molecule has 10 heteroatoms. The summed E-state index contributed by atoms with van der Waals surface area (Å²) in [4.78, 5) is 37.9. The van der Waals surface area contributed by atoms with Crippen molar-refractivity contribution in [1.82, 2.24) is 5.32 Å². The first-order valence-electron chi connectivity index (χ1n) is 33.9. The number of unbranched alkanes of at least 4 members (excludes halogenated alkanes) is 33. The number of allylic oxidation sites excluding steroid dienone is 13. The third-order valence-corrected chi connectivity index (χ3v) is 15.8. The van der Waals surface area contributed by atoms with Gasteiger partial charge in [0.1, 0.15) is 19.3 Å². The van der Waals surface area contributed by atoms with Gasteiger partial charge in [-0.3, -0.25) is 18.6 Å². The second kappa shape index (κ2) is 60.3. The highest BCUT2D eigenvalue weighted by Gasteiger charge is 2.30. The van der Waals surface area contributed by atoms with Crippen LogP contribution in [0.15, 0.2) is 85.1 Å². The van der Waals surface area contributed by atoms with Gasteiger partial charge in [-0.25, -0.2) is 4.57 Å². The molecule has 0 rings (SSSR count). The number of carbonyl (C=O) groups excluding carboxylic acids is 2. The van der Waals surface area contributed by atoms with Gasteiger partial charge in [0, 0.05) is 12.8 Å². The van der Waals surface area contributed by atoms with Gasteiger partial charge in [0.2, 0.25) is 5.91 Å². The van der Waals surface area contributed by atoms with Gasteiger partial charge in [0.05, 0.1) is 33.8 Å². The molecule has 0 aliphatic heterocycles. The largest absolute Gasteiger partial charge is 0.472 e. The maximum Gasteiger partial charge on any atom is 0.472 e. The zero-order chi connectivity index (χ0) is 59.3. The summed E-state index contributed by atoms with van der Waals surface area (Å²) in [6, 6.07) is -0.862. The van der Waals surface area contributed by atoms with Gasteiger partial charge in [-0.1, -0.05) is 267 Å². The fraction of sp³-hybridized carbons (Fsp3) is 0.775. The first-order chi connectivity index (χ1) is 39.4. The van der Waals surface area contributed by atoms with E-state index >= 15 is 0 Å². The lowest BCUT2D eigenvalue weighted by Crippen LogP contribution is -2.47. The van der Waals surface area contributed by atoms with E-state index in [1.807, 2.05) is 33.3 Å². The van der Waals surface area contributed by atoms with Gasteiger partial charge >= 0.3 is 13.8 Å². The van der Waals surface area contributed by atoms with Crippen molar-refractivity contribution < 1.29 is 37.3 Å². The number of esters is 1. The second-order valence-electron chi connectivity index (χ2n) is 24.0. The van der Waals surface area contributed by atoms with E-state index in [0.717, 1.165) is 96.3 Å². The van der Waals surface area contributed by atoms with Crippen molar-refractivity contribution in [3.63, 3.8) is 0 Å². The summed E-state index contributed by atoms with van der Waals surface area (Å²) >= 11 is 0. The van der Waals surface area contributed by atoms with E-state index in [1.54, 1.807) is 0 Å². The zero-order valence-corrected chi connectivity index (χ0v) is 54.7. The minimum absolute atomic E-state index is 0.0338. The summed E-state index contributed by atoms with van der Waals surface area (Å²) in [7, 11) is 1.48. The van der Waals surface area contributed by atoms with Crippen LogP contribution in [0.25, 0.3) is 0 Å². The lowest BCUT2D eigenvalue weighted by atomic mass is 10.0. The number of quaternary nitrogens is 1. The fourth-order valence-corrected chi connectivity index (χ4v) is 10.3. The average molecular weight is 1150 g/mol. The molecule has 0 aromatic rings. The molecule has 0 aliphatic rings. The Balaban J connectivity index is 5.23. The number of phosphoric acid groups is 1. The van der Waals surface area contributed by atoms with Gasteiger partial charge in [0.25, 0.3) is 0 Å². The standard InChI is InChI=1S/C71H129N2O7P/c1-7-10-13-16-19-22-25-28-30-32-34-36-38-40-42-45-48-51-54-57-60-63-70(74)72-68(67-79-81(76,77)78-66-65-73(4,5)6)69(62-59-56-53-50-47-44-27-24-21-18-15-12-9-3)80-71(75)64-61-58-55-52-49-46-43-41-39-37-35-33-31-29-26-23-20-17-14-11-8-2/h19-20,22-23,28-31,35,37,41,43,59,62,68-69H,7-18,21,24-27,32-34,36,38-40,42,44-58,60-61,63-67H2,1-6H3,(H-,72,74,76,77)/p+1/b22-19-,23-20-,30-28-,31-29-,37-35-,43-41-,62-59+. The number of nitrogens with one attached hydrogen (secondary N) is 1. The molecule has 0 fully saturated rings. The summed E-state index contributed by atoms with van der Waals surface area (Å²) in [5, 5.41) is 3.06. The van der Waals surface area contributed by atoms with Crippen LogP contribution in [0.3, 0.4) is 0 Å². The van der Waals surface area contributed by atoms with Gasteiger partial charge in [0.15, 0.2) is 0 Å². The van der Waals surface area contributed by atoms with Crippen LogP contribution in [-0.2, 0) is 27.9 Å². The molecule has 0 saturated heterocycles. The summed E-state index contributed by atoms with van der Waals surface area (Å²) in [5.41, 5.74) is 0. The van der Waals surface area contributed by atoms with E-state index < -0.39 is 20.0 Å². The molecule has 0 aromatic carbocycles. The summed E-state index contributed by atoms with van der Waals surface area (Å²) in [6.07, 6.45) is 80.0. The van der Waals surface area contributed by atoms with Crippen LogP contribution in [-0.4, -0.2) is 74.3 Å². The van der Waals surface area contributed by atoms with Crippen LogP contribution in [0.5, 0.6) is 0 Å². The SMILES string of the molecule is CCCCC/C=C\C/C=C\C/C=C\C/C=C\CCCCCCCC(=O)OC(/C=C/CCCCCCCCCCCCC)C(COP(=O)(O)OCC[N+](C)(C)C)NC(=O)CCCCCCCCCCCCC/C=C\C/C=C\CCCCC. The maximum atomic E-state index is 13.6. The zero-order valence-electron chi connectivity index (χ0n) is 53.8. The lowest BCUT2D eigenvalue weighted by molar-refractivity contribution is -0.870. The Morgan fingerprint density at radius 1 is 0.432 bits per heavy atom. The van der Waals surface area contributed by atoms with Crippen LogP contribution >= 0.6 is 7.82 Å². The topological polar surface area (TPSA) is 111 Å². The summed E-state index contributed by atoms with van der Waals surface area (Å²) < 4.78 is 30.8.